The highest BCUT2D eigenvalue weighted by atomic mass is 16.2. The number of hydrogen-bond donors (Lipinski definition) is 0. The van der Waals surface area contributed by atoms with Crippen molar-refractivity contribution in [1.82, 2.24) is 19.4 Å². The van der Waals surface area contributed by atoms with Gasteiger partial charge < -0.3 is 4.90 Å². The molecule has 1 aliphatic carbocycles. The molecular formula is C23H24N4O2. The van der Waals surface area contributed by atoms with Gasteiger partial charge in [-0.25, -0.2) is 4.98 Å². The van der Waals surface area contributed by atoms with Crippen molar-refractivity contribution in [2.24, 2.45) is 5.92 Å². The summed E-state index contributed by atoms with van der Waals surface area (Å²) in [5.41, 5.74) is 2.59. The van der Waals surface area contributed by atoms with E-state index in [9.17, 15) is 9.59 Å². The third-order valence-electron chi connectivity index (χ3n) is 6.10. The zero-order valence-corrected chi connectivity index (χ0v) is 16.3. The smallest absolute Gasteiger partial charge is 0.253 e. The van der Waals surface area contributed by atoms with Gasteiger partial charge in [0.25, 0.3) is 11.5 Å². The Balaban J connectivity index is 1.21. The molecule has 1 amide bonds. The van der Waals surface area contributed by atoms with Crippen molar-refractivity contribution < 1.29 is 4.79 Å². The Morgan fingerprint density at radius 1 is 1.03 bits per heavy atom. The Kier molecular flexibility index (Phi) is 4.62. The fourth-order valence-corrected chi connectivity index (χ4v) is 4.17. The number of aromatic nitrogens is 3. The number of piperidine rings is 1. The summed E-state index contributed by atoms with van der Waals surface area (Å²) in [6, 6.07) is 11.2. The summed E-state index contributed by atoms with van der Waals surface area (Å²) in [6.45, 7) is 2.12. The van der Waals surface area contributed by atoms with E-state index in [4.69, 9.17) is 0 Å². The monoisotopic (exact) mass is 388 g/mol. The zero-order chi connectivity index (χ0) is 19.8. The van der Waals surface area contributed by atoms with E-state index in [1.54, 1.807) is 23.2 Å². The Morgan fingerprint density at radius 2 is 1.86 bits per heavy atom. The molecule has 0 radical (unpaired) electrons. The van der Waals surface area contributed by atoms with Crippen LogP contribution in [0.4, 0.5) is 0 Å². The number of pyridine rings is 1. The molecule has 5 rings (SSSR count). The van der Waals surface area contributed by atoms with Crippen molar-refractivity contribution in [3.63, 3.8) is 0 Å². The van der Waals surface area contributed by atoms with Crippen molar-refractivity contribution in [3.05, 3.63) is 70.5 Å². The minimum atomic E-state index is 0.0465. The summed E-state index contributed by atoms with van der Waals surface area (Å²) < 4.78 is 1.73. The normalized spacial score (nSPS) is 17.6. The minimum Gasteiger partial charge on any atom is -0.339 e. The molecule has 1 saturated carbocycles. The van der Waals surface area contributed by atoms with Crippen LogP contribution in [0.3, 0.4) is 0 Å². The molecular weight excluding hydrogens is 364 g/mol. The molecule has 3 aromatic rings. The molecule has 1 saturated heterocycles. The first-order valence-electron chi connectivity index (χ1n) is 10.4. The van der Waals surface area contributed by atoms with Crippen LogP contribution in [-0.2, 0) is 6.54 Å². The van der Waals surface area contributed by atoms with Crippen molar-refractivity contribution in [2.45, 2.75) is 38.1 Å². The number of carbonyl (C=O) groups is 1. The SMILES string of the molecule is O=C(c1ccc2ncccc2c1)N1CCC(Cn2cnc(C3CC3)cc2=O)CC1. The number of likely N-dealkylation sites (tertiary alicyclic amines) is 1. The molecule has 1 aliphatic heterocycles. The van der Waals surface area contributed by atoms with Crippen molar-refractivity contribution in [2.75, 3.05) is 13.1 Å². The molecule has 2 aromatic heterocycles. The van der Waals surface area contributed by atoms with E-state index in [0.29, 0.717) is 23.9 Å². The highest BCUT2D eigenvalue weighted by molar-refractivity contribution is 5.97. The average molecular weight is 388 g/mol. The lowest BCUT2D eigenvalue weighted by molar-refractivity contribution is 0.0682. The second-order valence-corrected chi connectivity index (χ2v) is 8.23. The lowest BCUT2D eigenvalue weighted by Gasteiger charge is -2.32. The molecule has 0 bridgehead atoms. The molecule has 3 heterocycles. The summed E-state index contributed by atoms with van der Waals surface area (Å²) in [5.74, 6) is 0.963. The van der Waals surface area contributed by atoms with E-state index >= 15 is 0 Å². The van der Waals surface area contributed by atoms with Crippen LogP contribution in [-0.4, -0.2) is 38.4 Å². The number of carbonyl (C=O) groups excluding carboxylic acids is 1. The molecule has 0 unspecified atom stereocenters. The number of amides is 1. The lowest BCUT2D eigenvalue weighted by atomic mass is 9.96. The van der Waals surface area contributed by atoms with E-state index in [0.717, 1.165) is 55.4 Å². The Labute approximate surface area is 169 Å². The molecule has 0 spiro atoms. The minimum absolute atomic E-state index is 0.0465. The molecule has 6 nitrogen and oxygen atoms in total. The van der Waals surface area contributed by atoms with Crippen LogP contribution in [0.1, 0.15) is 47.7 Å². The maximum Gasteiger partial charge on any atom is 0.253 e. The van der Waals surface area contributed by atoms with Gasteiger partial charge in [0.1, 0.15) is 0 Å². The zero-order valence-electron chi connectivity index (χ0n) is 16.3. The predicted molar refractivity (Wildman–Crippen MR) is 111 cm³/mol. The van der Waals surface area contributed by atoms with Gasteiger partial charge in [-0.2, -0.15) is 0 Å². The largest absolute Gasteiger partial charge is 0.339 e. The first-order chi connectivity index (χ1) is 14.2. The number of benzene rings is 1. The van der Waals surface area contributed by atoms with Gasteiger partial charge in [-0.15, -0.1) is 0 Å². The van der Waals surface area contributed by atoms with Gasteiger partial charge in [-0.05, 0) is 55.9 Å². The van der Waals surface area contributed by atoms with Gasteiger partial charge in [-0.3, -0.25) is 19.1 Å². The van der Waals surface area contributed by atoms with Gasteiger partial charge >= 0.3 is 0 Å². The van der Waals surface area contributed by atoms with Crippen LogP contribution >= 0.6 is 0 Å². The third kappa shape index (κ3) is 3.79. The summed E-state index contributed by atoms with van der Waals surface area (Å²) in [4.78, 5) is 36.0. The Morgan fingerprint density at radius 3 is 2.62 bits per heavy atom. The third-order valence-corrected chi connectivity index (χ3v) is 6.10. The van der Waals surface area contributed by atoms with Crippen LogP contribution < -0.4 is 5.56 Å². The summed E-state index contributed by atoms with van der Waals surface area (Å²) >= 11 is 0. The second-order valence-electron chi connectivity index (χ2n) is 8.23. The van der Waals surface area contributed by atoms with Gasteiger partial charge in [0.05, 0.1) is 17.5 Å². The predicted octanol–water partition coefficient (Wildman–Crippen LogP) is 3.22. The number of fused-ring (bicyclic) bond motifs is 1. The van der Waals surface area contributed by atoms with E-state index in [2.05, 4.69) is 9.97 Å². The van der Waals surface area contributed by atoms with Crippen molar-refractivity contribution in [3.8, 4) is 0 Å². The van der Waals surface area contributed by atoms with Crippen LogP contribution in [0, 0.1) is 5.92 Å². The first-order valence-corrected chi connectivity index (χ1v) is 10.4. The Hall–Kier alpha value is -3.02. The summed E-state index contributed by atoms with van der Waals surface area (Å²) in [6.07, 6.45) is 7.56. The van der Waals surface area contributed by atoms with Gasteiger partial charge in [-0.1, -0.05) is 6.07 Å². The fraction of sp³-hybridized carbons (Fsp3) is 0.391. The van der Waals surface area contributed by atoms with E-state index in [1.807, 2.05) is 35.2 Å². The molecule has 2 aliphatic rings. The maximum absolute atomic E-state index is 12.9. The standard InChI is InChI=1S/C23H24N4O2/c28-22-13-21(17-3-4-17)25-15-27(22)14-16-7-10-26(11-8-16)23(29)19-5-6-20-18(12-19)2-1-9-24-20/h1-2,5-6,9,12-13,15-17H,3-4,7-8,10-11,14H2. The molecule has 29 heavy (non-hydrogen) atoms. The van der Waals surface area contributed by atoms with Crippen molar-refractivity contribution >= 4 is 16.8 Å². The Bertz CT molecular complexity index is 1110. The lowest BCUT2D eigenvalue weighted by Crippen LogP contribution is -2.40. The average Bonchev–Trinajstić information content (AvgIpc) is 3.60. The van der Waals surface area contributed by atoms with E-state index in [-0.39, 0.29) is 11.5 Å². The van der Waals surface area contributed by atoms with Gasteiger partial charge in [0.15, 0.2) is 0 Å². The number of nitrogens with zero attached hydrogens (tertiary/aromatic N) is 4. The highest BCUT2D eigenvalue weighted by Crippen LogP contribution is 2.38. The summed E-state index contributed by atoms with van der Waals surface area (Å²) in [7, 11) is 0. The molecule has 6 heteroatoms. The maximum atomic E-state index is 12.9. The van der Waals surface area contributed by atoms with E-state index < -0.39 is 0 Å². The fourth-order valence-electron chi connectivity index (χ4n) is 4.17. The van der Waals surface area contributed by atoms with Crippen LogP contribution in [0.5, 0.6) is 0 Å². The highest BCUT2D eigenvalue weighted by Gasteiger charge is 2.27. The van der Waals surface area contributed by atoms with Crippen LogP contribution in [0.25, 0.3) is 10.9 Å². The number of hydrogen-bond acceptors (Lipinski definition) is 4. The first kappa shape index (κ1) is 18.0. The van der Waals surface area contributed by atoms with Crippen molar-refractivity contribution in [1.29, 1.82) is 0 Å². The summed E-state index contributed by atoms with van der Waals surface area (Å²) in [5, 5.41) is 0.981. The van der Waals surface area contributed by atoms with Gasteiger partial charge in [0, 0.05) is 48.8 Å². The molecule has 0 N–H and O–H groups in total. The number of rotatable bonds is 4. The second kappa shape index (κ2) is 7.43. The topological polar surface area (TPSA) is 68.1 Å². The van der Waals surface area contributed by atoms with Crippen LogP contribution in [0.15, 0.2) is 53.7 Å². The molecule has 1 aromatic carbocycles. The molecule has 2 fully saturated rings. The van der Waals surface area contributed by atoms with E-state index in [1.165, 1.54) is 0 Å². The quantitative estimate of drug-likeness (QED) is 0.688. The molecule has 148 valence electrons. The van der Waals surface area contributed by atoms with Gasteiger partial charge in [0.2, 0.25) is 0 Å². The van der Waals surface area contributed by atoms with Crippen LogP contribution in [0.2, 0.25) is 0 Å². The molecule has 0 atom stereocenters.